The predicted octanol–water partition coefficient (Wildman–Crippen LogP) is 1.39. The number of aryl methyl sites for hydroxylation is 1. The minimum atomic E-state index is -0.221. The second kappa shape index (κ2) is 7.79. The summed E-state index contributed by atoms with van der Waals surface area (Å²) in [5, 5.41) is 0.653. The molecule has 0 bridgehead atoms. The molecule has 0 N–H and O–H groups in total. The first-order chi connectivity index (χ1) is 13.9. The molecular weight excluding hydrogens is 368 g/mol. The van der Waals surface area contributed by atoms with Crippen LogP contribution < -0.4 is 16.1 Å². The molecule has 0 unspecified atom stereocenters. The normalized spacial score (nSPS) is 15.4. The maximum Gasteiger partial charge on any atom is 0.347 e. The number of nitrogens with zero attached hydrogens (tertiary/aromatic N) is 6. The Morgan fingerprint density at radius 1 is 1.07 bits per heavy atom. The molecule has 8 heteroatoms. The monoisotopic (exact) mass is 394 g/mol. The molecule has 2 aromatic heterocycles. The zero-order chi connectivity index (χ0) is 20.5. The molecule has 29 heavy (non-hydrogen) atoms. The van der Waals surface area contributed by atoms with E-state index in [9.17, 15) is 9.59 Å². The Morgan fingerprint density at radius 3 is 2.52 bits per heavy atom. The van der Waals surface area contributed by atoms with Crippen LogP contribution in [0.4, 0.5) is 5.69 Å². The Hall–Kier alpha value is -3.00. The van der Waals surface area contributed by atoms with Gasteiger partial charge in [0.15, 0.2) is 0 Å². The maximum atomic E-state index is 12.6. The Bertz CT molecular complexity index is 1140. The summed E-state index contributed by atoms with van der Waals surface area (Å²) >= 11 is 0. The second-order valence-electron chi connectivity index (χ2n) is 7.83. The van der Waals surface area contributed by atoms with Gasteiger partial charge in [-0.2, -0.15) is 4.98 Å². The summed E-state index contributed by atoms with van der Waals surface area (Å²) in [5.74, 6) is 0. The average molecular weight is 394 g/mol. The van der Waals surface area contributed by atoms with Crippen molar-refractivity contribution in [2.45, 2.75) is 26.4 Å². The third kappa shape index (κ3) is 3.93. The van der Waals surface area contributed by atoms with Crippen molar-refractivity contribution in [3.63, 3.8) is 0 Å². The lowest BCUT2D eigenvalue weighted by Crippen LogP contribution is -2.46. The third-order valence-corrected chi connectivity index (χ3v) is 5.48. The fourth-order valence-electron chi connectivity index (χ4n) is 3.67. The number of benzene rings is 1. The van der Waals surface area contributed by atoms with Gasteiger partial charge in [-0.15, -0.1) is 0 Å². The minimum Gasteiger partial charge on any atom is -0.369 e. The van der Waals surface area contributed by atoms with Crippen LogP contribution >= 0.6 is 0 Å². The van der Waals surface area contributed by atoms with E-state index < -0.39 is 0 Å². The molecule has 0 spiro atoms. The van der Waals surface area contributed by atoms with Crippen molar-refractivity contribution in [2.24, 2.45) is 7.05 Å². The lowest BCUT2D eigenvalue weighted by Gasteiger charge is -2.36. The Balaban J connectivity index is 1.46. The number of rotatable bonds is 4. The van der Waals surface area contributed by atoms with Gasteiger partial charge in [0, 0.05) is 57.7 Å². The van der Waals surface area contributed by atoms with E-state index in [2.05, 4.69) is 19.8 Å². The standard InChI is InChI=1S/C21H26N6O2/c1-15(2)27-14-22-19-12-17(4-5-18(19)20(27)28)26-10-8-25(9-11-26)13-16-6-7-24(3)21(29)23-16/h4-7,12,14-15H,8-11,13H2,1-3H3. The number of anilines is 1. The Morgan fingerprint density at radius 2 is 1.83 bits per heavy atom. The molecule has 152 valence electrons. The molecule has 8 nitrogen and oxygen atoms in total. The predicted molar refractivity (Wildman–Crippen MR) is 113 cm³/mol. The van der Waals surface area contributed by atoms with Crippen molar-refractivity contribution >= 4 is 16.6 Å². The summed E-state index contributed by atoms with van der Waals surface area (Å²) < 4.78 is 3.14. The van der Waals surface area contributed by atoms with E-state index in [-0.39, 0.29) is 17.3 Å². The smallest absolute Gasteiger partial charge is 0.347 e. The number of aromatic nitrogens is 4. The highest BCUT2D eigenvalue weighted by Gasteiger charge is 2.19. The third-order valence-electron chi connectivity index (χ3n) is 5.48. The summed E-state index contributed by atoms with van der Waals surface area (Å²) in [6.07, 6.45) is 3.39. The SMILES string of the molecule is CC(C)n1cnc2cc(N3CCN(Cc4ccn(C)c(=O)n4)CC3)ccc2c1=O. The first-order valence-electron chi connectivity index (χ1n) is 9.93. The zero-order valence-electron chi connectivity index (χ0n) is 17.1. The van der Waals surface area contributed by atoms with Crippen LogP contribution in [0.2, 0.25) is 0 Å². The minimum absolute atomic E-state index is 0.00266. The average Bonchev–Trinajstić information content (AvgIpc) is 2.71. The topological polar surface area (TPSA) is 76.3 Å². The van der Waals surface area contributed by atoms with Gasteiger partial charge in [-0.1, -0.05) is 0 Å². The van der Waals surface area contributed by atoms with E-state index >= 15 is 0 Å². The lowest BCUT2D eigenvalue weighted by molar-refractivity contribution is 0.246. The summed E-state index contributed by atoms with van der Waals surface area (Å²) in [5.41, 5.74) is 2.40. The first-order valence-corrected chi connectivity index (χ1v) is 9.93. The molecular formula is C21H26N6O2. The fourth-order valence-corrected chi connectivity index (χ4v) is 3.67. The molecule has 0 atom stereocenters. The number of fused-ring (bicyclic) bond motifs is 1. The molecule has 3 heterocycles. The van der Waals surface area contributed by atoms with Crippen LogP contribution in [0.25, 0.3) is 10.9 Å². The van der Waals surface area contributed by atoms with Crippen LogP contribution in [0.5, 0.6) is 0 Å². The summed E-state index contributed by atoms with van der Waals surface area (Å²) in [6, 6.07) is 7.88. The molecule has 1 fully saturated rings. The van der Waals surface area contributed by atoms with Gasteiger partial charge in [0.1, 0.15) is 0 Å². The molecule has 1 aromatic carbocycles. The number of piperazine rings is 1. The van der Waals surface area contributed by atoms with Gasteiger partial charge in [-0.05, 0) is 38.1 Å². The van der Waals surface area contributed by atoms with E-state index in [4.69, 9.17) is 0 Å². The van der Waals surface area contributed by atoms with Crippen molar-refractivity contribution in [2.75, 3.05) is 31.1 Å². The highest BCUT2D eigenvalue weighted by Crippen LogP contribution is 2.21. The zero-order valence-corrected chi connectivity index (χ0v) is 17.1. The lowest BCUT2D eigenvalue weighted by atomic mass is 10.2. The number of hydrogen-bond acceptors (Lipinski definition) is 6. The van der Waals surface area contributed by atoms with Crippen molar-refractivity contribution in [1.82, 2.24) is 24.0 Å². The molecule has 0 amide bonds. The van der Waals surface area contributed by atoms with Gasteiger partial charge in [0.05, 0.1) is 22.9 Å². The van der Waals surface area contributed by atoms with E-state index in [0.717, 1.165) is 43.1 Å². The summed E-state index contributed by atoms with van der Waals surface area (Å²) in [4.78, 5) is 37.5. The van der Waals surface area contributed by atoms with Gasteiger partial charge < -0.3 is 9.47 Å². The molecule has 1 aliphatic heterocycles. The highest BCUT2D eigenvalue weighted by atomic mass is 16.1. The van der Waals surface area contributed by atoms with Gasteiger partial charge >= 0.3 is 5.69 Å². The summed E-state index contributed by atoms with van der Waals surface area (Å²) in [7, 11) is 1.70. The van der Waals surface area contributed by atoms with Crippen molar-refractivity contribution in [3.8, 4) is 0 Å². The molecule has 0 radical (unpaired) electrons. The second-order valence-corrected chi connectivity index (χ2v) is 7.83. The van der Waals surface area contributed by atoms with Crippen LogP contribution in [0.1, 0.15) is 25.6 Å². The molecule has 0 aliphatic carbocycles. The Kier molecular flexibility index (Phi) is 5.19. The first kappa shape index (κ1) is 19.3. The van der Waals surface area contributed by atoms with E-state index in [1.807, 2.05) is 38.1 Å². The quantitative estimate of drug-likeness (QED) is 0.666. The van der Waals surface area contributed by atoms with Crippen LogP contribution in [0, 0.1) is 0 Å². The maximum absolute atomic E-state index is 12.6. The van der Waals surface area contributed by atoms with Crippen molar-refractivity contribution in [1.29, 1.82) is 0 Å². The number of hydrogen-bond donors (Lipinski definition) is 0. The van der Waals surface area contributed by atoms with Gasteiger partial charge in [-0.3, -0.25) is 14.3 Å². The largest absolute Gasteiger partial charge is 0.369 e. The molecule has 1 saturated heterocycles. The van der Waals surface area contributed by atoms with Crippen LogP contribution in [0.3, 0.4) is 0 Å². The van der Waals surface area contributed by atoms with Crippen LogP contribution in [0.15, 0.2) is 46.4 Å². The van der Waals surface area contributed by atoms with Crippen LogP contribution in [-0.2, 0) is 13.6 Å². The van der Waals surface area contributed by atoms with E-state index in [1.54, 1.807) is 24.1 Å². The van der Waals surface area contributed by atoms with Crippen molar-refractivity contribution < 1.29 is 0 Å². The van der Waals surface area contributed by atoms with Gasteiger partial charge in [0.2, 0.25) is 0 Å². The molecule has 4 rings (SSSR count). The van der Waals surface area contributed by atoms with Crippen LogP contribution in [-0.4, -0.2) is 50.2 Å². The van der Waals surface area contributed by atoms with Gasteiger partial charge in [-0.25, -0.2) is 9.78 Å². The molecule has 0 saturated carbocycles. The Labute approximate surface area is 169 Å². The fraction of sp³-hybridized carbons (Fsp3) is 0.429. The summed E-state index contributed by atoms with van der Waals surface area (Å²) in [6.45, 7) is 8.16. The van der Waals surface area contributed by atoms with E-state index in [1.165, 1.54) is 4.57 Å². The molecule has 3 aromatic rings. The van der Waals surface area contributed by atoms with E-state index in [0.29, 0.717) is 11.9 Å². The van der Waals surface area contributed by atoms with Gasteiger partial charge in [0.25, 0.3) is 5.56 Å². The highest BCUT2D eigenvalue weighted by molar-refractivity contribution is 5.81. The van der Waals surface area contributed by atoms with Crippen molar-refractivity contribution in [3.05, 3.63) is 63.3 Å². The molecule has 1 aliphatic rings.